The maximum absolute atomic E-state index is 12.0. The summed E-state index contributed by atoms with van der Waals surface area (Å²) in [5.41, 5.74) is 1.61. The van der Waals surface area contributed by atoms with Crippen LogP contribution in [-0.4, -0.2) is 18.4 Å². The Morgan fingerprint density at radius 1 is 1.05 bits per heavy atom. The molecule has 0 bridgehead atoms. The summed E-state index contributed by atoms with van der Waals surface area (Å²) in [5.74, 6) is -0.831. The third kappa shape index (κ3) is 4.81. The number of hydrogen-bond acceptors (Lipinski definition) is 3. The number of halogens is 1. The predicted molar refractivity (Wildman–Crippen MR) is 88.7 cm³/mol. The quantitative estimate of drug-likeness (QED) is 0.576. The molecule has 2 aromatic rings. The largest absolute Gasteiger partial charge is 0.457 e. The minimum absolute atomic E-state index is 0.201. The van der Waals surface area contributed by atoms with Gasteiger partial charge in [-0.15, -0.1) is 0 Å². The smallest absolute Gasteiger partial charge is 0.309 e. The second-order valence-electron chi connectivity index (χ2n) is 5.13. The monoisotopic (exact) mass is 360 g/mol. The summed E-state index contributed by atoms with van der Waals surface area (Å²) in [5, 5.41) is 0. The van der Waals surface area contributed by atoms with E-state index in [9.17, 15) is 9.59 Å². The number of ether oxygens (including phenoxy) is 1. The Kier molecular flexibility index (Phi) is 5.90. The Hall–Kier alpha value is -1.94. The topological polar surface area (TPSA) is 43.4 Å². The van der Waals surface area contributed by atoms with Crippen LogP contribution in [0.4, 0.5) is 0 Å². The van der Waals surface area contributed by atoms with Gasteiger partial charge >= 0.3 is 5.97 Å². The van der Waals surface area contributed by atoms with Gasteiger partial charge in [0.2, 0.25) is 0 Å². The summed E-state index contributed by atoms with van der Waals surface area (Å²) in [6.07, 6.45) is 0.603. The molecule has 3 nitrogen and oxygen atoms in total. The molecule has 0 N–H and O–H groups in total. The first-order valence-electron chi connectivity index (χ1n) is 7.05. The maximum atomic E-state index is 12.0. The summed E-state index contributed by atoms with van der Waals surface area (Å²) < 4.78 is 6.02. The normalized spacial score (nSPS) is 11.7. The van der Waals surface area contributed by atoms with E-state index in [0.29, 0.717) is 12.0 Å². The van der Waals surface area contributed by atoms with E-state index in [2.05, 4.69) is 15.9 Å². The van der Waals surface area contributed by atoms with Crippen molar-refractivity contribution in [1.29, 1.82) is 0 Å². The number of ketones is 1. The highest BCUT2D eigenvalue weighted by atomic mass is 79.9. The molecule has 0 spiro atoms. The highest BCUT2D eigenvalue weighted by Gasteiger charge is 2.17. The number of Topliss-reactive ketones (excluding diaryl/α,β-unsaturated/α-hetero) is 1. The maximum Gasteiger partial charge on any atom is 0.309 e. The average molecular weight is 361 g/mol. The molecule has 0 heterocycles. The zero-order chi connectivity index (χ0) is 15.9. The second-order valence-corrected chi connectivity index (χ2v) is 6.04. The third-order valence-electron chi connectivity index (χ3n) is 3.30. The van der Waals surface area contributed by atoms with Gasteiger partial charge in [0.05, 0.1) is 5.92 Å². The first kappa shape index (κ1) is 16.4. The fourth-order valence-corrected chi connectivity index (χ4v) is 2.31. The molecule has 1 atom stereocenters. The SMILES string of the molecule is C[C@@H](Cc1ccccc1)C(=O)OCC(=O)c1ccc(Br)cc1. The van der Waals surface area contributed by atoms with Gasteiger partial charge in [-0.3, -0.25) is 9.59 Å². The number of benzene rings is 2. The van der Waals surface area contributed by atoms with Crippen LogP contribution in [0.15, 0.2) is 59.1 Å². The van der Waals surface area contributed by atoms with Crippen molar-refractivity contribution in [2.45, 2.75) is 13.3 Å². The molecule has 0 saturated heterocycles. The zero-order valence-corrected chi connectivity index (χ0v) is 13.9. The van der Waals surface area contributed by atoms with Crippen LogP contribution in [0.2, 0.25) is 0 Å². The molecule has 4 heteroatoms. The average Bonchev–Trinajstić information content (AvgIpc) is 2.53. The molecule has 0 aliphatic rings. The lowest BCUT2D eigenvalue weighted by atomic mass is 10.0. The van der Waals surface area contributed by atoms with Gasteiger partial charge in [0.25, 0.3) is 0 Å². The van der Waals surface area contributed by atoms with Crippen molar-refractivity contribution in [1.82, 2.24) is 0 Å². The summed E-state index contributed by atoms with van der Waals surface area (Å²) in [4.78, 5) is 23.9. The summed E-state index contributed by atoms with van der Waals surface area (Å²) in [7, 11) is 0. The molecule has 0 unspecified atom stereocenters. The lowest BCUT2D eigenvalue weighted by Gasteiger charge is -2.11. The van der Waals surface area contributed by atoms with Crippen molar-refractivity contribution in [2.75, 3.05) is 6.61 Å². The minimum Gasteiger partial charge on any atom is -0.457 e. The van der Waals surface area contributed by atoms with Crippen molar-refractivity contribution in [3.05, 3.63) is 70.2 Å². The van der Waals surface area contributed by atoms with E-state index in [1.165, 1.54) is 0 Å². The van der Waals surface area contributed by atoms with E-state index in [1.54, 1.807) is 31.2 Å². The van der Waals surface area contributed by atoms with E-state index in [1.807, 2.05) is 30.3 Å². The van der Waals surface area contributed by atoms with E-state index < -0.39 is 0 Å². The molecule has 2 rings (SSSR count). The number of esters is 1. The van der Waals surface area contributed by atoms with Gasteiger partial charge < -0.3 is 4.74 Å². The van der Waals surface area contributed by atoms with Crippen molar-refractivity contribution in [3.63, 3.8) is 0 Å². The van der Waals surface area contributed by atoms with Crippen molar-refractivity contribution in [3.8, 4) is 0 Å². The molecular weight excluding hydrogens is 344 g/mol. The van der Waals surface area contributed by atoms with Gasteiger partial charge in [-0.05, 0) is 24.1 Å². The van der Waals surface area contributed by atoms with Crippen molar-refractivity contribution >= 4 is 27.7 Å². The number of carbonyl (C=O) groups is 2. The van der Waals surface area contributed by atoms with E-state index in [4.69, 9.17) is 4.74 Å². The minimum atomic E-state index is -0.352. The van der Waals surface area contributed by atoms with Gasteiger partial charge in [0.15, 0.2) is 12.4 Å². The van der Waals surface area contributed by atoms with Gasteiger partial charge in [-0.25, -0.2) is 0 Å². The Bertz CT molecular complexity index is 635. The van der Waals surface area contributed by atoms with E-state index in [-0.39, 0.29) is 24.3 Å². The molecule has 0 aliphatic carbocycles. The van der Waals surface area contributed by atoms with Crippen LogP contribution in [0, 0.1) is 5.92 Å². The first-order valence-corrected chi connectivity index (χ1v) is 7.85. The highest BCUT2D eigenvalue weighted by molar-refractivity contribution is 9.10. The molecule has 0 aromatic heterocycles. The summed E-state index contributed by atoms with van der Waals surface area (Å²) in [6.45, 7) is 1.58. The Labute approximate surface area is 138 Å². The molecule has 114 valence electrons. The van der Waals surface area contributed by atoms with Crippen LogP contribution >= 0.6 is 15.9 Å². The summed E-state index contributed by atoms with van der Waals surface area (Å²) in [6, 6.07) is 16.7. The van der Waals surface area contributed by atoms with Crippen LogP contribution in [-0.2, 0) is 16.0 Å². The molecule has 0 saturated carbocycles. The Balaban J connectivity index is 1.84. The summed E-state index contributed by atoms with van der Waals surface area (Å²) >= 11 is 3.31. The van der Waals surface area contributed by atoms with Crippen LogP contribution in [0.25, 0.3) is 0 Å². The molecule has 0 radical (unpaired) electrons. The van der Waals surface area contributed by atoms with Crippen LogP contribution in [0.5, 0.6) is 0 Å². The lowest BCUT2D eigenvalue weighted by Crippen LogP contribution is -2.21. The van der Waals surface area contributed by atoms with Crippen LogP contribution in [0.1, 0.15) is 22.8 Å². The first-order chi connectivity index (χ1) is 10.6. The Morgan fingerprint density at radius 3 is 2.32 bits per heavy atom. The van der Waals surface area contributed by atoms with Crippen molar-refractivity contribution in [2.24, 2.45) is 5.92 Å². The zero-order valence-electron chi connectivity index (χ0n) is 12.3. The highest BCUT2D eigenvalue weighted by Crippen LogP contribution is 2.12. The fraction of sp³-hybridized carbons (Fsp3) is 0.222. The lowest BCUT2D eigenvalue weighted by molar-refractivity contribution is -0.146. The van der Waals surface area contributed by atoms with E-state index >= 15 is 0 Å². The molecular formula is C18H17BrO3. The fourth-order valence-electron chi connectivity index (χ4n) is 2.05. The number of hydrogen-bond donors (Lipinski definition) is 0. The Morgan fingerprint density at radius 2 is 1.68 bits per heavy atom. The van der Waals surface area contributed by atoms with Gasteiger partial charge in [-0.1, -0.05) is 65.3 Å². The number of carbonyl (C=O) groups excluding carboxylic acids is 2. The van der Waals surface area contributed by atoms with Gasteiger partial charge in [0.1, 0.15) is 0 Å². The number of rotatable bonds is 6. The molecule has 0 aliphatic heterocycles. The molecule has 22 heavy (non-hydrogen) atoms. The standard InChI is InChI=1S/C18H17BrO3/c1-13(11-14-5-3-2-4-6-14)18(21)22-12-17(20)15-7-9-16(19)10-8-15/h2-10,13H,11-12H2,1H3/t13-/m0/s1. The van der Waals surface area contributed by atoms with E-state index in [0.717, 1.165) is 10.0 Å². The van der Waals surface area contributed by atoms with Crippen LogP contribution in [0.3, 0.4) is 0 Å². The molecule has 2 aromatic carbocycles. The second kappa shape index (κ2) is 7.90. The molecule has 0 amide bonds. The molecule has 0 fully saturated rings. The third-order valence-corrected chi connectivity index (χ3v) is 3.83. The van der Waals surface area contributed by atoms with Crippen LogP contribution < -0.4 is 0 Å². The van der Waals surface area contributed by atoms with Gasteiger partial charge in [-0.2, -0.15) is 0 Å². The van der Waals surface area contributed by atoms with Gasteiger partial charge in [0, 0.05) is 10.0 Å². The predicted octanol–water partition coefficient (Wildman–Crippen LogP) is 4.05. The van der Waals surface area contributed by atoms with Crippen molar-refractivity contribution < 1.29 is 14.3 Å².